The zero-order chi connectivity index (χ0) is 14.4. The van der Waals surface area contributed by atoms with Crippen LogP contribution in [0.5, 0.6) is 0 Å². The first-order chi connectivity index (χ1) is 9.70. The molecule has 2 aromatic rings. The quantitative estimate of drug-likeness (QED) is 0.625. The second-order valence-corrected chi connectivity index (χ2v) is 4.39. The molecule has 0 fully saturated rings. The first-order valence-electron chi connectivity index (χ1n) is 6.27. The van der Waals surface area contributed by atoms with Crippen LogP contribution in [0.3, 0.4) is 0 Å². The van der Waals surface area contributed by atoms with Gasteiger partial charge in [-0.2, -0.15) is 0 Å². The number of esters is 1. The van der Waals surface area contributed by atoms with Crippen molar-refractivity contribution in [1.82, 2.24) is 0 Å². The zero-order valence-corrected chi connectivity index (χ0v) is 11.8. The Bertz CT molecular complexity index is 606. The van der Waals surface area contributed by atoms with Gasteiger partial charge in [0.15, 0.2) is 0 Å². The summed E-state index contributed by atoms with van der Waals surface area (Å²) in [5.74, 6) is -0.336. The van der Waals surface area contributed by atoms with Crippen LogP contribution in [0.2, 0.25) is 0 Å². The van der Waals surface area contributed by atoms with Crippen molar-refractivity contribution in [3.8, 4) is 0 Å². The average Bonchev–Trinajstić information content (AvgIpc) is 2.49. The van der Waals surface area contributed by atoms with Crippen molar-refractivity contribution in [3.05, 3.63) is 65.7 Å². The molecule has 0 saturated carbocycles. The fraction of sp³-hybridized carbons (Fsp3) is 0.125. The number of benzene rings is 2. The van der Waals surface area contributed by atoms with E-state index < -0.39 is 0 Å². The molecule has 2 rings (SSSR count). The largest absolute Gasteiger partial charge is 0.462 e. The van der Waals surface area contributed by atoms with Gasteiger partial charge in [-0.1, -0.05) is 41.9 Å². The van der Waals surface area contributed by atoms with Crippen molar-refractivity contribution in [3.63, 3.8) is 0 Å². The van der Waals surface area contributed by atoms with E-state index in [0.717, 1.165) is 5.56 Å². The van der Waals surface area contributed by atoms with Crippen LogP contribution in [0, 0.1) is 0 Å². The molecule has 0 N–H and O–H groups in total. The van der Waals surface area contributed by atoms with E-state index in [-0.39, 0.29) is 5.97 Å². The second-order valence-electron chi connectivity index (χ2n) is 4.04. The van der Waals surface area contributed by atoms with Gasteiger partial charge in [-0.05, 0) is 31.2 Å². The van der Waals surface area contributed by atoms with E-state index in [4.69, 9.17) is 16.3 Å². The Morgan fingerprint density at radius 3 is 2.30 bits per heavy atom. The standard InChI is InChI=1S/C16H14ClNO2/c1-2-20-16(19)13-8-10-14(11-9-13)18-15(17)12-6-4-3-5-7-12/h3-11H,2H2,1H3. The monoisotopic (exact) mass is 287 g/mol. The van der Waals surface area contributed by atoms with Crippen LogP contribution < -0.4 is 0 Å². The summed E-state index contributed by atoms with van der Waals surface area (Å²) in [6.07, 6.45) is 0. The molecule has 0 saturated heterocycles. The molecule has 0 aliphatic heterocycles. The molecule has 0 aliphatic carbocycles. The highest BCUT2D eigenvalue weighted by atomic mass is 35.5. The van der Waals surface area contributed by atoms with Crippen molar-refractivity contribution in [2.75, 3.05) is 6.61 Å². The summed E-state index contributed by atoms with van der Waals surface area (Å²) >= 11 is 6.15. The SMILES string of the molecule is CCOC(=O)c1ccc(N=C(Cl)c2ccccc2)cc1. The number of hydrogen-bond donors (Lipinski definition) is 0. The van der Waals surface area contributed by atoms with Crippen LogP contribution in [0.15, 0.2) is 59.6 Å². The summed E-state index contributed by atoms with van der Waals surface area (Å²) in [7, 11) is 0. The van der Waals surface area contributed by atoms with Gasteiger partial charge in [0, 0.05) is 5.56 Å². The van der Waals surface area contributed by atoms with Gasteiger partial charge in [-0.3, -0.25) is 0 Å². The Morgan fingerprint density at radius 2 is 1.70 bits per heavy atom. The molecule has 0 unspecified atom stereocenters. The van der Waals surface area contributed by atoms with E-state index in [1.54, 1.807) is 31.2 Å². The summed E-state index contributed by atoms with van der Waals surface area (Å²) in [5, 5.41) is 0.412. The third-order valence-electron chi connectivity index (χ3n) is 2.62. The lowest BCUT2D eigenvalue weighted by Gasteiger charge is -2.02. The lowest BCUT2D eigenvalue weighted by atomic mass is 10.2. The van der Waals surface area contributed by atoms with Crippen molar-refractivity contribution in [2.24, 2.45) is 4.99 Å². The summed E-state index contributed by atoms with van der Waals surface area (Å²) in [6.45, 7) is 2.13. The molecule has 2 aromatic carbocycles. The summed E-state index contributed by atoms with van der Waals surface area (Å²) in [5.41, 5.74) is 2.04. The number of rotatable bonds is 4. The van der Waals surface area contributed by atoms with Gasteiger partial charge in [0.05, 0.1) is 17.9 Å². The Morgan fingerprint density at radius 1 is 1.05 bits per heavy atom. The zero-order valence-electron chi connectivity index (χ0n) is 11.0. The first kappa shape index (κ1) is 14.3. The van der Waals surface area contributed by atoms with E-state index in [2.05, 4.69) is 4.99 Å². The fourth-order valence-corrected chi connectivity index (χ4v) is 1.86. The van der Waals surface area contributed by atoms with E-state index >= 15 is 0 Å². The van der Waals surface area contributed by atoms with Crippen LogP contribution >= 0.6 is 11.6 Å². The minimum atomic E-state index is -0.336. The van der Waals surface area contributed by atoms with Crippen molar-refractivity contribution in [1.29, 1.82) is 0 Å². The molecule has 0 heterocycles. The number of carbonyl (C=O) groups excluding carboxylic acids is 1. The fourth-order valence-electron chi connectivity index (χ4n) is 1.64. The minimum absolute atomic E-state index is 0.336. The molecule has 0 aliphatic rings. The maximum Gasteiger partial charge on any atom is 0.338 e. The number of ether oxygens (including phenoxy) is 1. The predicted octanol–water partition coefficient (Wildman–Crippen LogP) is 4.18. The smallest absolute Gasteiger partial charge is 0.338 e. The predicted molar refractivity (Wildman–Crippen MR) is 80.9 cm³/mol. The lowest BCUT2D eigenvalue weighted by molar-refractivity contribution is 0.0526. The van der Waals surface area contributed by atoms with Crippen LogP contribution in [0.4, 0.5) is 5.69 Å². The third-order valence-corrected chi connectivity index (χ3v) is 2.92. The van der Waals surface area contributed by atoms with Crippen molar-refractivity contribution < 1.29 is 9.53 Å². The van der Waals surface area contributed by atoms with Gasteiger partial charge < -0.3 is 4.74 Å². The molecule has 0 amide bonds. The molecule has 20 heavy (non-hydrogen) atoms. The molecule has 4 heteroatoms. The minimum Gasteiger partial charge on any atom is -0.462 e. The number of aliphatic imine (C=N–C) groups is 1. The molecule has 102 valence electrons. The van der Waals surface area contributed by atoms with E-state index in [0.29, 0.717) is 23.0 Å². The Hall–Kier alpha value is -2.13. The molecular formula is C16H14ClNO2. The highest BCUT2D eigenvalue weighted by molar-refractivity contribution is 6.69. The first-order valence-corrected chi connectivity index (χ1v) is 6.65. The van der Waals surface area contributed by atoms with Crippen molar-refractivity contribution in [2.45, 2.75) is 6.92 Å². The Labute approximate surface area is 122 Å². The van der Waals surface area contributed by atoms with Gasteiger partial charge >= 0.3 is 5.97 Å². The molecular weight excluding hydrogens is 274 g/mol. The van der Waals surface area contributed by atoms with Gasteiger partial charge in [-0.25, -0.2) is 9.79 Å². The summed E-state index contributed by atoms with van der Waals surface area (Å²) in [6, 6.07) is 16.3. The number of nitrogens with zero attached hydrogens (tertiary/aromatic N) is 1. The highest BCUT2D eigenvalue weighted by Crippen LogP contribution is 2.17. The van der Waals surface area contributed by atoms with Crippen molar-refractivity contribution >= 4 is 28.4 Å². The second kappa shape index (κ2) is 6.87. The molecule has 0 radical (unpaired) electrons. The maximum absolute atomic E-state index is 11.5. The Balaban J connectivity index is 2.16. The van der Waals surface area contributed by atoms with Crippen LogP contribution in [0.1, 0.15) is 22.8 Å². The number of carbonyl (C=O) groups is 1. The van der Waals surface area contributed by atoms with Crippen LogP contribution in [0.25, 0.3) is 0 Å². The summed E-state index contributed by atoms with van der Waals surface area (Å²) < 4.78 is 4.92. The lowest BCUT2D eigenvalue weighted by Crippen LogP contribution is -2.03. The molecule has 0 aromatic heterocycles. The maximum atomic E-state index is 11.5. The molecule has 0 bridgehead atoms. The molecule has 0 spiro atoms. The Kier molecular flexibility index (Phi) is 4.91. The number of hydrogen-bond acceptors (Lipinski definition) is 3. The summed E-state index contributed by atoms with van der Waals surface area (Å²) in [4.78, 5) is 15.8. The highest BCUT2D eigenvalue weighted by Gasteiger charge is 2.05. The van der Waals surface area contributed by atoms with Crippen LogP contribution in [-0.4, -0.2) is 17.7 Å². The number of halogens is 1. The third kappa shape index (κ3) is 3.68. The van der Waals surface area contributed by atoms with Gasteiger partial charge in [-0.15, -0.1) is 0 Å². The van der Waals surface area contributed by atoms with E-state index in [1.807, 2.05) is 30.3 Å². The average molecular weight is 288 g/mol. The topological polar surface area (TPSA) is 38.7 Å². The van der Waals surface area contributed by atoms with Gasteiger partial charge in [0.2, 0.25) is 0 Å². The van der Waals surface area contributed by atoms with Gasteiger partial charge in [0.1, 0.15) is 5.17 Å². The molecule has 0 atom stereocenters. The van der Waals surface area contributed by atoms with Gasteiger partial charge in [0.25, 0.3) is 0 Å². The van der Waals surface area contributed by atoms with E-state index in [1.165, 1.54) is 0 Å². The molecule has 3 nitrogen and oxygen atoms in total. The van der Waals surface area contributed by atoms with E-state index in [9.17, 15) is 4.79 Å². The normalized spacial score (nSPS) is 11.2. The van der Waals surface area contributed by atoms with Crippen LogP contribution in [-0.2, 0) is 4.74 Å².